The second kappa shape index (κ2) is 13.1. The third-order valence-electron chi connectivity index (χ3n) is 9.27. The molecule has 8 aromatic rings. The number of nitrogens with zero attached hydrogens (tertiary/aromatic N) is 2. The number of fused-ring (bicyclic) bond motifs is 10. The number of aryl methyl sites for hydroxylation is 2. The summed E-state index contributed by atoms with van der Waals surface area (Å²) in [6.45, 7) is 16.7. The van der Waals surface area contributed by atoms with Crippen LogP contribution in [0.1, 0.15) is 52.7 Å². The standard InChI is InChI=1S/2C20H20N.2CH3.Si.Zr/c2*1-20(2,3)14-9-10-17-16(12-14)19-15-8-6-5-7-13(15)11-18(19)21(17)4;;;;/h2*5-12H,1-4H3;2*1H3;;/q4*-1;;. The summed E-state index contributed by atoms with van der Waals surface area (Å²) in [5.74, 6) is 0. The van der Waals surface area contributed by atoms with E-state index in [0.717, 1.165) is 0 Å². The van der Waals surface area contributed by atoms with E-state index in [1.807, 2.05) is 0 Å². The minimum atomic E-state index is 0. The van der Waals surface area contributed by atoms with Crippen LogP contribution in [0.3, 0.4) is 0 Å². The Hall–Kier alpha value is -3.20. The molecule has 2 nitrogen and oxygen atoms in total. The molecule has 46 heavy (non-hydrogen) atoms. The molecule has 2 aromatic heterocycles. The van der Waals surface area contributed by atoms with Crippen LogP contribution in [-0.2, 0) is 48.3 Å². The van der Waals surface area contributed by atoms with Gasteiger partial charge in [-0.2, -0.15) is 0 Å². The first-order chi connectivity index (χ1) is 20.9. The van der Waals surface area contributed by atoms with Crippen LogP contribution in [0.25, 0.3) is 65.2 Å². The van der Waals surface area contributed by atoms with E-state index in [4.69, 9.17) is 0 Å². The number of hydrogen-bond acceptors (Lipinski definition) is 0. The molecule has 0 fully saturated rings. The zero-order valence-electron chi connectivity index (χ0n) is 29.1. The molecule has 0 amide bonds. The minimum absolute atomic E-state index is 0. The molecule has 8 rings (SSSR count). The first-order valence-electron chi connectivity index (χ1n) is 15.3. The van der Waals surface area contributed by atoms with Gasteiger partial charge in [0.05, 0.1) is 0 Å². The molecule has 6 aromatic carbocycles. The predicted molar refractivity (Wildman–Crippen MR) is 203 cm³/mol. The Morgan fingerprint density at radius 2 is 0.870 bits per heavy atom. The second-order valence-electron chi connectivity index (χ2n) is 14.1. The van der Waals surface area contributed by atoms with Crippen LogP contribution in [0, 0.1) is 14.9 Å². The Kier molecular flexibility index (Phi) is 10.2. The first-order valence-corrected chi connectivity index (χ1v) is 19.5. The van der Waals surface area contributed by atoms with Gasteiger partial charge < -0.3 is 24.0 Å². The molecule has 0 spiro atoms. The first kappa shape index (κ1) is 35.7. The molecule has 0 aliphatic carbocycles. The molecule has 2 heterocycles. The van der Waals surface area contributed by atoms with Crippen LogP contribution in [0.15, 0.2) is 97.1 Å². The van der Waals surface area contributed by atoms with Gasteiger partial charge in [-0.15, -0.1) is 70.1 Å². The average molecular weight is 698 g/mol. The van der Waals surface area contributed by atoms with Crippen molar-refractivity contribution in [3.63, 3.8) is 0 Å². The van der Waals surface area contributed by atoms with Crippen molar-refractivity contribution in [1.82, 2.24) is 9.13 Å². The number of hydrogen-bond donors (Lipinski definition) is 0. The molecule has 0 saturated heterocycles. The molecule has 236 valence electrons. The molecule has 0 aliphatic rings. The number of rotatable bonds is 0. The quantitative estimate of drug-likeness (QED) is 0.110. The van der Waals surface area contributed by atoms with Gasteiger partial charge in [0.25, 0.3) is 0 Å². The maximum atomic E-state index is 3.06. The molecule has 0 saturated carbocycles. The van der Waals surface area contributed by atoms with Gasteiger partial charge in [0, 0.05) is 25.1 Å². The fourth-order valence-electron chi connectivity index (χ4n) is 6.76. The van der Waals surface area contributed by atoms with Crippen molar-refractivity contribution in [3.8, 4) is 0 Å². The molecule has 0 aliphatic heterocycles. The molecule has 0 unspecified atom stereocenters. The fourth-order valence-corrected chi connectivity index (χ4v) is 6.76. The Balaban J connectivity index is 0.000000190. The summed E-state index contributed by atoms with van der Waals surface area (Å²) in [5, 5.41) is 10.9. The molecule has 0 bridgehead atoms. The third-order valence-corrected chi connectivity index (χ3v) is 9.27. The van der Waals surface area contributed by atoms with Gasteiger partial charge in [-0.05, 0) is 55.9 Å². The molecular weight excluding hydrogens is 652 g/mol. The monoisotopic (exact) mass is 696 g/mol. The van der Waals surface area contributed by atoms with E-state index >= 15 is 0 Å². The van der Waals surface area contributed by atoms with E-state index in [2.05, 4.69) is 169 Å². The zero-order chi connectivity index (χ0) is 31.6. The molecular formula is C42H46N2SiZr-4. The van der Waals surface area contributed by atoms with E-state index in [1.165, 1.54) is 99.6 Å². The molecule has 0 N–H and O–H groups in total. The van der Waals surface area contributed by atoms with Crippen molar-refractivity contribution in [3.05, 3.63) is 123 Å². The van der Waals surface area contributed by atoms with Gasteiger partial charge in [-0.3, -0.25) is 0 Å². The Labute approximate surface area is 292 Å². The van der Waals surface area contributed by atoms with Crippen LogP contribution >= 0.6 is 0 Å². The normalized spacial score (nSPS) is 11.7. The van der Waals surface area contributed by atoms with Crippen LogP contribution in [0.2, 0.25) is 0 Å². The van der Waals surface area contributed by atoms with E-state index in [-0.39, 0.29) is 25.7 Å². The van der Waals surface area contributed by atoms with Crippen molar-refractivity contribution in [1.29, 1.82) is 0 Å². The van der Waals surface area contributed by atoms with Gasteiger partial charge in [-0.25, -0.2) is 0 Å². The second-order valence-corrected chi connectivity index (χ2v) is 14.1. The summed E-state index contributed by atoms with van der Waals surface area (Å²) in [7, 11) is 4.33. The van der Waals surface area contributed by atoms with Crippen LogP contribution in [0.4, 0.5) is 0 Å². The topological polar surface area (TPSA) is 9.86 Å². The Morgan fingerprint density at radius 3 is 1.22 bits per heavy atom. The van der Waals surface area contributed by atoms with Crippen molar-refractivity contribution >= 4 is 72.0 Å². The number of aromatic nitrogens is 2. The van der Waals surface area contributed by atoms with E-state index in [0.29, 0.717) is 0 Å². The van der Waals surface area contributed by atoms with Gasteiger partial charge in [0.15, 0.2) is 0 Å². The van der Waals surface area contributed by atoms with Crippen molar-refractivity contribution < 1.29 is 23.3 Å². The Bertz CT molecular complexity index is 2140. The summed E-state index contributed by atoms with van der Waals surface area (Å²) in [6.07, 6.45) is 0. The van der Waals surface area contributed by atoms with Gasteiger partial charge in [0.2, 0.25) is 0 Å². The Morgan fingerprint density at radius 1 is 0.522 bits per heavy atom. The maximum absolute atomic E-state index is 3.06. The predicted octanol–water partition coefficient (Wildman–Crippen LogP) is 11.5. The van der Waals surface area contributed by atoms with Gasteiger partial charge in [0.1, 0.15) is 0 Å². The van der Waals surface area contributed by atoms with E-state index < -0.39 is 0 Å². The molecule has 4 heteroatoms. The van der Waals surface area contributed by atoms with Crippen LogP contribution in [-0.4, -0.2) is 16.0 Å². The molecule has 2 radical (unpaired) electrons. The third kappa shape index (κ3) is 5.88. The van der Waals surface area contributed by atoms with Gasteiger partial charge in [-0.1, -0.05) is 88.7 Å². The number of benzene rings is 4. The SMILES string of the molecule is Cn1c2ccc(C(C)(C)C)cc2c2c3ccccc3[cH-]c21.Cn1c2ccc(C(C)(C)C)cc2c2c3ccccc3[cH-]c21.[CH3-].[CH3-].[Si]=[Zr]. The summed E-state index contributed by atoms with van der Waals surface area (Å²) in [5.41, 5.74) is 8.45. The van der Waals surface area contributed by atoms with Crippen molar-refractivity contribution in [2.75, 3.05) is 0 Å². The van der Waals surface area contributed by atoms with Crippen molar-refractivity contribution in [2.24, 2.45) is 14.1 Å². The summed E-state index contributed by atoms with van der Waals surface area (Å²) >= 11 is 1.36. The summed E-state index contributed by atoms with van der Waals surface area (Å²) < 4.78 is 4.63. The summed E-state index contributed by atoms with van der Waals surface area (Å²) in [6, 6.07) is 35.8. The zero-order valence-corrected chi connectivity index (χ0v) is 32.6. The fraction of sp³-hybridized carbons (Fsp3) is 0.238. The van der Waals surface area contributed by atoms with Crippen LogP contribution in [0.5, 0.6) is 0 Å². The van der Waals surface area contributed by atoms with Crippen LogP contribution < -0.4 is 0 Å². The van der Waals surface area contributed by atoms with Gasteiger partial charge >= 0.3 is 30.2 Å². The van der Waals surface area contributed by atoms with E-state index in [9.17, 15) is 0 Å². The average Bonchev–Trinajstić information content (AvgIpc) is 3.72. The summed E-state index contributed by atoms with van der Waals surface area (Å²) in [4.78, 5) is 0. The van der Waals surface area contributed by atoms with Crippen molar-refractivity contribution in [2.45, 2.75) is 52.4 Å². The molecule has 0 atom stereocenters. The van der Waals surface area contributed by atoms with E-state index in [1.54, 1.807) is 0 Å².